The highest BCUT2D eigenvalue weighted by molar-refractivity contribution is 5.55. The molecule has 1 fully saturated rings. The normalized spacial score (nSPS) is 16.1. The zero-order valence-electron chi connectivity index (χ0n) is 11.8. The van der Waals surface area contributed by atoms with Gasteiger partial charge in [-0.05, 0) is 31.9 Å². The molecule has 1 aromatic carbocycles. The first-order chi connectivity index (χ1) is 10.1. The number of aryl methyl sites for hydroxylation is 1. The topological polar surface area (TPSA) is 88.0 Å². The van der Waals surface area contributed by atoms with E-state index in [1.807, 2.05) is 12.1 Å². The number of nitrogens with zero attached hydrogens (tertiary/aromatic N) is 4. The molecule has 3 rings (SSSR count). The summed E-state index contributed by atoms with van der Waals surface area (Å²) in [6.45, 7) is 3.62. The Morgan fingerprint density at radius 3 is 2.71 bits per heavy atom. The Hall–Kier alpha value is -2.44. The minimum atomic E-state index is -0.338. The van der Waals surface area contributed by atoms with Crippen LogP contribution < -0.4 is 4.90 Å². The molecule has 2 aromatic rings. The third kappa shape index (κ3) is 2.72. The molecule has 0 bridgehead atoms. The number of nitro benzene ring substituents is 1. The van der Waals surface area contributed by atoms with Crippen molar-refractivity contribution in [2.75, 3.05) is 18.0 Å². The highest BCUT2D eigenvalue weighted by Crippen LogP contribution is 2.30. The lowest BCUT2D eigenvalue weighted by atomic mass is 9.95. The molecule has 0 amide bonds. The number of benzene rings is 1. The molecule has 0 radical (unpaired) electrons. The van der Waals surface area contributed by atoms with E-state index in [0.717, 1.165) is 37.4 Å². The van der Waals surface area contributed by atoms with E-state index in [0.29, 0.717) is 11.5 Å². The summed E-state index contributed by atoms with van der Waals surface area (Å²) in [5, 5.41) is 17.7. The molecule has 2 heterocycles. The minimum absolute atomic E-state index is 0.176. The molecular formula is C14H17N5O2. The minimum Gasteiger partial charge on any atom is -0.371 e. The van der Waals surface area contributed by atoms with Gasteiger partial charge < -0.3 is 4.90 Å². The second kappa shape index (κ2) is 5.51. The summed E-state index contributed by atoms with van der Waals surface area (Å²) < 4.78 is 0. The standard InChI is InChI=1S/C14H17N5O2/c1-10-8-12(2-3-13(10)19(20)21)18-6-4-11(5-7-18)14-15-9-16-17-14/h2-3,8-9,11H,4-7H2,1H3,(H,15,16,17). The molecule has 0 spiro atoms. The molecule has 1 N–H and O–H groups in total. The largest absolute Gasteiger partial charge is 0.371 e. The van der Waals surface area contributed by atoms with Gasteiger partial charge in [0, 0.05) is 36.3 Å². The fourth-order valence-electron chi connectivity index (χ4n) is 2.86. The summed E-state index contributed by atoms with van der Waals surface area (Å²) in [5.41, 5.74) is 1.93. The average molecular weight is 287 g/mol. The van der Waals surface area contributed by atoms with Crippen molar-refractivity contribution in [3.8, 4) is 0 Å². The summed E-state index contributed by atoms with van der Waals surface area (Å²) in [4.78, 5) is 17.0. The summed E-state index contributed by atoms with van der Waals surface area (Å²) in [5.74, 6) is 1.37. The van der Waals surface area contributed by atoms with Gasteiger partial charge in [-0.25, -0.2) is 4.98 Å². The number of rotatable bonds is 3. The number of aromatic nitrogens is 3. The Morgan fingerprint density at radius 2 is 2.14 bits per heavy atom. The van der Waals surface area contributed by atoms with E-state index in [-0.39, 0.29) is 10.6 Å². The zero-order valence-corrected chi connectivity index (χ0v) is 11.8. The maximum absolute atomic E-state index is 10.9. The van der Waals surface area contributed by atoms with Gasteiger partial charge in [-0.1, -0.05) is 0 Å². The molecule has 21 heavy (non-hydrogen) atoms. The Kier molecular flexibility index (Phi) is 3.55. The molecular weight excluding hydrogens is 270 g/mol. The number of anilines is 1. The van der Waals surface area contributed by atoms with Crippen molar-refractivity contribution in [3.05, 3.63) is 46.0 Å². The van der Waals surface area contributed by atoms with E-state index in [4.69, 9.17) is 0 Å². The van der Waals surface area contributed by atoms with Crippen molar-refractivity contribution < 1.29 is 4.92 Å². The number of hydrogen-bond acceptors (Lipinski definition) is 5. The van der Waals surface area contributed by atoms with Gasteiger partial charge in [-0.3, -0.25) is 15.2 Å². The second-order valence-corrected chi connectivity index (χ2v) is 5.36. The van der Waals surface area contributed by atoms with E-state index in [9.17, 15) is 10.1 Å². The van der Waals surface area contributed by atoms with Crippen LogP contribution in [0.5, 0.6) is 0 Å². The van der Waals surface area contributed by atoms with Crippen molar-refractivity contribution in [2.45, 2.75) is 25.7 Å². The van der Waals surface area contributed by atoms with E-state index in [2.05, 4.69) is 20.1 Å². The molecule has 1 aliphatic heterocycles. The van der Waals surface area contributed by atoms with Gasteiger partial charge in [0.2, 0.25) is 0 Å². The van der Waals surface area contributed by atoms with Crippen molar-refractivity contribution in [2.24, 2.45) is 0 Å². The number of H-pyrrole nitrogens is 1. The zero-order chi connectivity index (χ0) is 14.8. The first-order valence-electron chi connectivity index (χ1n) is 7.00. The van der Waals surface area contributed by atoms with E-state index >= 15 is 0 Å². The van der Waals surface area contributed by atoms with Gasteiger partial charge in [-0.15, -0.1) is 0 Å². The SMILES string of the molecule is Cc1cc(N2CCC(c3ncn[nH]3)CC2)ccc1[N+](=O)[O-]. The first kappa shape index (κ1) is 13.5. The van der Waals surface area contributed by atoms with Crippen LogP contribution in [0.25, 0.3) is 0 Å². The lowest BCUT2D eigenvalue weighted by molar-refractivity contribution is -0.385. The van der Waals surface area contributed by atoms with Crippen LogP contribution >= 0.6 is 0 Å². The lowest BCUT2D eigenvalue weighted by Crippen LogP contribution is -2.33. The van der Waals surface area contributed by atoms with Crippen LogP contribution in [0.15, 0.2) is 24.5 Å². The van der Waals surface area contributed by atoms with Gasteiger partial charge in [-0.2, -0.15) is 5.10 Å². The number of piperidine rings is 1. The van der Waals surface area contributed by atoms with E-state index in [1.54, 1.807) is 19.3 Å². The van der Waals surface area contributed by atoms with E-state index in [1.165, 1.54) is 0 Å². The van der Waals surface area contributed by atoms with Crippen LogP contribution in [-0.2, 0) is 0 Å². The van der Waals surface area contributed by atoms with Crippen LogP contribution in [0.1, 0.15) is 30.1 Å². The van der Waals surface area contributed by atoms with Gasteiger partial charge in [0.1, 0.15) is 12.2 Å². The van der Waals surface area contributed by atoms with Gasteiger partial charge in [0.15, 0.2) is 0 Å². The summed E-state index contributed by atoms with van der Waals surface area (Å²) in [7, 11) is 0. The van der Waals surface area contributed by atoms with Crippen LogP contribution in [0.4, 0.5) is 11.4 Å². The van der Waals surface area contributed by atoms with Crippen LogP contribution in [0, 0.1) is 17.0 Å². The van der Waals surface area contributed by atoms with Crippen molar-refractivity contribution in [3.63, 3.8) is 0 Å². The Labute approximate surface area is 122 Å². The number of hydrogen-bond donors (Lipinski definition) is 1. The predicted molar refractivity (Wildman–Crippen MR) is 78.4 cm³/mol. The highest BCUT2D eigenvalue weighted by Gasteiger charge is 2.23. The van der Waals surface area contributed by atoms with Crippen LogP contribution in [0.2, 0.25) is 0 Å². The molecule has 0 saturated carbocycles. The first-order valence-corrected chi connectivity index (χ1v) is 7.00. The van der Waals surface area contributed by atoms with Crippen molar-refractivity contribution in [1.29, 1.82) is 0 Å². The molecule has 1 aliphatic rings. The third-order valence-corrected chi connectivity index (χ3v) is 4.06. The molecule has 110 valence electrons. The van der Waals surface area contributed by atoms with Crippen molar-refractivity contribution >= 4 is 11.4 Å². The molecule has 7 heteroatoms. The quantitative estimate of drug-likeness (QED) is 0.691. The van der Waals surface area contributed by atoms with Crippen molar-refractivity contribution in [1.82, 2.24) is 15.2 Å². The Bertz CT molecular complexity index is 633. The van der Waals surface area contributed by atoms with Gasteiger partial charge >= 0.3 is 0 Å². The number of nitrogens with one attached hydrogen (secondary N) is 1. The molecule has 0 atom stereocenters. The second-order valence-electron chi connectivity index (χ2n) is 5.36. The van der Waals surface area contributed by atoms with Crippen LogP contribution in [-0.4, -0.2) is 33.2 Å². The maximum atomic E-state index is 10.9. The predicted octanol–water partition coefficient (Wildman–Crippen LogP) is 2.41. The molecule has 0 unspecified atom stereocenters. The maximum Gasteiger partial charge on any atom is 0.272 e. The average Bonchev–Trinajstić information content (AvgIpc) is 3.01. The molecule has 7 nitrogen and oxygen atoms in total. The smallest absolute Gasteiger partial charge is 0.272 e. The molecule has 1 aromatic heterocycles. The van der Waals surface area contributed by atoms with E-state index < -0.39 is 0 Å². The van der Waals surface area contributed by atoms with Gasteiger partial charge in [0.25, 0.3) is 5.69 Å². The summed E-state index contributed by atoms with van der Waals surface area (Å²) >= 11 is 0. The molecule has 1 saturated heterocycles. The Morgan fingerprint density at radius 1 is 1.38 bits per heavy atom. The number of nitro groups is 1. The van der Waals surface area contributed by atoms with Crippen LogP contribution in [0.3, 0.4) is 0 Å². The summed E-state index contributed by atoms with van der Waals surface area (Å²) in [6.07, 6.45) is 3.55. The summed E-state index contributed by atoms with van der Waals surface area (Å²) in [6, 6.07) is 5.32. The monoisotopic (exact) mass is 287 g/mol. The Balaban J connectivity index is 1.69. The fraction of sp³-hybridized carbons (Fsp3) is 0.429. The molecule has 0 aliphatic carbocycles. The fourth-order valence-corrected chi connectivity index (χ4v) is 2.86. The van der Waals surface area contributed by atoms with Gasteiger partial charge in [0.05, 0.1) is 4.92 Å². The highest BCUT2D eigenvalue weighted by atomic mass is 16.6. The third-order valence-electron chi connectivity index (χ3n) is 4.06. The number of aromatic amines is 1. The lowest BCUT2D eigenvalue weighted by Gasteiger charge is -2.32.